The highest BCUT2D eigenvalue weighted by molar-refractivity contribution is 6.24. The van der Waals surface area contributed by atoms with Crippen LogP contribution >= 0.6 is 0 Å². The van der Waals surface area contributed by atoms with Crippen LogP contribution in [-0.4, -0.2) is 12.9 Å². The van der Waals surface area contributed by atoms with Crippen LogP contribution in [0.1, 0.15) is 15.9 Å². The van der Waals surface area contributed by atoms with Gasteiger partial charge in [-0.15, -0.1) is 0 Å². The fourth-order valence-electron chi connectivity index (χ4n) is 3.15. The summed E-state index contributed by atoms with van der Waals surface area (Å²) in [4.78, 5) is 13.2. The van der Waals surface area contributed by atoms with Crippen LogP contribution < -0.4 is 4.74 Å². The summed E-state index contributed by atoms with van der Waals surface area (Å²) in [6.45, 7) is 0. The van der Waals surface area contributed by atoms with Gasteiger partial charge in [0.15, 0.2) is 5.78 Å². The van der Waals surface area contributed by atoms with Crippen LogP contribution in [0.4, 0.5) is 0 Å². The molecule has 0 aliphatic heterocycles. The highest BCUT2D eigenvalue weighted by atomic mass is 16.5. The van der Waals surface area contributed by atoms with Gasteiger partial charge in [0.1, 0.15) is 5.75 Å². The summed E-state index contributed by atoms with van der Waals surface area (Å²) in [5, 5.41) is 4.12. The van der Waals surface area contributed by atoms with E-state index in [0.29, 0.717) is 5.56 Å². The van der Waals surface area contributed by atoms with E-state index in [9.17, 15) is 4.79 Å². The summed E-state index contributed by atoms with van der Waals surface area (Å²) in [5.74, 6) is 0.778. The lowest BCUT2D eigenvalue weighted by Gasteiger charge is -2.11. The van der Waals surface area contributed by atoms with Crippen molar-refractivity contribution in [1.29, 1.82) is 0 Å². The summed E-state index contributed by atoms with van der Waals surface area (Å²) in [6.07, 6.45) is 0. The number of rotatable bonds is 3. The number of fused-ring (bicyclic) bond motifs is 2. The van der Waals surface area contributed by atoms with E-state index in [-0.39, 0.29) is 5.78 Å². The van der Waals surface area contributed by atoms with E-state index in [1.807, 2.05) is 72.8 Å². The molecule has 0 atom stereocenters. The molecule has 0 unspecified atom stereocenters. The number of carbonyl (C=O) groups is 1. The Bertz CT molecular complexity index is 992. The molecule has 0 saturated heterocycles. The Kier molecular flexibility index (Phi) is 3.51. The Morgan fingerprint density at radius 1 is 0.750 bits per heavy atom. The van der Waals surface area contributed by atoms with E-state index in [1.165, 1.54) is 0 Å². The van der Waals surface area contributed by atoms with Crippen molar-refractivity contribution in [3.8, 4) is 5.75 Å². The molecule has 0 N–H and O–H groups in total. The summed E-state index contributed by atoms with van der Waals surface area (Å²) >= 11 is 0. The zero-order valence-corrected chi connectivity index (χ0v) is 13.3. The number of ketones is 1. The van der Waals surface area contributed by atoms with Crippen LogP contribution in [0.2, 0.25) is 0 Å². The molecule has 4 aromatic rings. The molecular weight excluding hydrogens is 296 g/mol. The Hall–Kier alpha value is -3.13. The third-order valence-electron chi connectivity index (χ3n) is 4.35. The van der Waals surface area contributed by atoms with Gasteiger partial charge in [-0.25, -0.2) is 0 Å². The third-order valence-corrected chi connectivity index (χ3v) is 4.35. The number of carbonyl (C=O) groups excluding carboxylic acids is 1. The van der Waals surface area contributed by atoms with Crippen molar-refractivity contribution in [2.45, 2.75) is 0 Å². The summed E-state index contributed by atoms with van der Waals surface area (Å²) in [6, 6.07) is 25.5. The lowest BCUT2D eigenvalue weighted by molar-refractivity contribution is 0.104. The normalized spacial score (nSPS) is 10.9. The molecule has 0 aliphatic rings. The Morgan fingerprint density at radius 3 is 1.83 bits per heavy atom. The van der Waals surface area contributed by atoms with Crippen molar-refractivity contribution in [3.05, 3.63) is 90.0 Å². The molecule has 4 aromatic carbocycles. The molecule has 116 valence electrons. The Morgan fingerprint density at radius 2 is 1.29 bits per heavy atom. The monoisotopic (exact) mass is 312 g/mol. The molecule has 0 heterocycles. The fourth-order valence-corrected chi connectivity index (χ4v) is 3.15. The zero-order chi connectivity index (χ0) is 16.5. The van der Waals surface area contributed by atoms with E-state index in [4.69, 9.17) is 4.74 Å². The summed E-state index contributed by atoms with van der Waals surface area (Å²) in [5.41, 5.74) is 1.42. The van der Waals surface area contributed by atoms with Crippen molar-refractivity contribution in [2.24, 2.45) is 0 Å². The Balaban J connectivity index is 2.00. The maximum Gasteiger partial charge on any atom is 0.194 e. The molecule has 0 radical (unpaired) electrons. The number of hydrogen-bond donors (Lipinski definition) is 0. The maximum absolute atomic E-state index is 13.2. The minimum Gasteiger partial charge on any atom is -0.497 e. The van der Waals surface area contributed by atoms with Gasteiger partial charge >= 0.3 is 0 Å². The quantitative estimate of drug-likeness (QED) is 0.382. The fraction of sp³-hybridized carbons (Fsp3) is 0.0455. The molecule has 0 spiro atoms. The lowest BCUT2D eigenvalue weighted by atomic mass is 9.91. The average Bonchev–Trinajstić information content (AvgIpc) is 2.65. The first-order chi connectivity index (χ1) is 11.8. The van der Waals surface area contributed by atoms with Crippen LogP contribution in [0, 0.1) is 0 Å². The Labute approximate surface area is 140 Å². The van der Waals surface area contributed by atoms with Gasteiger partial charge in [0.25, 0.3) is 0 Å². The molecule has 2 heteroatoms. The molecule has 0 amide bonds. The number of hydrogen-bond acceptors (Lipinski definition) is 2. The van der Waals surface area contributed by atoms with Gasteiger partial charge in [-0.2, -0.15) is 0 Å². The molecule has 4 rings (SSSR count). The van der Waals surface area contributed by atoms with Gasteiger partial charge in [-0.1, -0.05) is 48.5 Å². The second-order valence-electron chi connectivity index (χ2n) is 5.75. The van der Waals surface area contributed by atoms with Crippen molar-refractivity contribution < 1.29 is 9.53 Å². The van der Waals surface area contributed by atoms with Crippen molar-refractivity contribution in [1.82, 2.24) is 0 Å². The van der Waals surface area contributed by atoms with Crippen molar-refractivity contribution in [2.75, 3.05) is 7.11 Å². The van der Waals surface area contributed by atoms with Crippen LogP contribution in [0.25, 0.3) is 21.5 Å². The average molecular weight is 312 g/mol. The van der Waals surface area contributed by atoms with E-state index >= 15 is 0 Å². The molecular formula is C22H16O2. The van der Waals surface area contributed by atoms with Crippen molar-refractivity contribution >= 4 is 27.3 Å². The highest BCUT2D eigenvalue weighted by Gasteiger charge is 2.16. The molecule has 2 nitrogen and oxygen atoms in total. The van der Waals surface area contributed by atoms with Crippen LogP contribution in [-0.2, 0) is 0 Å². The van der Waals surface area contributed by atoms with Gasteiger partial charge in [-0.3, -0.25) is 4.79 Å². The molecule has 0 aliphatic carbocycles. The summed E-state index contributed by atoms with van der Waals surface area (Å²) in [7, 11) is 1.62. The minimum absolute atomic E-state index is 0.0330. The van der Waals surface area contributed by atoms with Gasteiger partial charge in [0.05, 0.1) is 7.11 Å². The molecule has 0 fully saturated rings. The first-order valence-electron chi connectivity index (χ1n) is 7.87. The maximum atomic E-state index is 13.2. The molecule has 0 bridgehead atoms. The number of methoxy groups -OCH3 is 1. The first kappa shape index (κ1) is 14.5. The molecule has 0 aromatic heterocycles. The number of benzene rings is 4. The SMILES string of the molecule is COc1ccc(C(=O)c2c3ccccc3cc3ccccc23)cc1. The minimum atomic E-state index is 0.0330. The first-order valence-corrected chi connectivity index (χ1v) is 7.87. The van der Waals surface area contributed by atoms with Gasteiger partial charge in [-0.05, 0) is 51.9 Å². The predicted octanol–water partition coefficient (Wildman–Crippen LogP) is 5.23. The predicted molar refractivity (Wildman–Crippen MR) is 97.9 cm³/mol. The van der Waals surface area contributed by atoms with Crippen LogP contribution in [0.5, 0.6) is 5.75 Å². The standard InChI is InChI=1S/C22H16O2/c1-24-18-12-10-15(11-13-18)22(23)21-19-8-4-2-6-16(19)14-17-7-3-5-9-20(17)21/h2-14H,1H3. The van der Waals surface area contributed by atoms with E-state index in [1.54, 1.807) is 7.11 Å². The third kappa shape index (κ3) is 2.33. The van der Waals surface area contributed by atoms with E-state index < -0.39 is 0 Å². The largest absolute Gasteiger partial charge is 0.497 e. The summed E-state index contributed by atoms with van der Waals surface area (Å²) < 4.78 is 5.18. The second-order valence-corrected chi connectivity index (χ2v) is 5.75. The van der Waals surface area contributed by atoms with E-state index in [2.05, 4.69) is 6.07 Å². The lowest BCUT2D eigenvalue weighted by Crippen LogP contribution is -2.03. The number of ether oxygens (including phenoxy) is 1. The van der Waals surface area contributed by atoms with Gasteiger partial charge in [0, 0.05) is 11.1 Å². The van der Waals surface area contributed by atoms with Gasteiger partial charge in [0.2, 0.25) is 0 Å². The van der Waals surface area contributed by atoms with Gasteiger partial charge < -0.3 is 4.74 Å². The molecule has 0 saturated carbocycles. The molecule has 24 heavy (non-hydrogen) atoms. The smallest absolute Gasteiger partial charge is 0.194 e. The topological polar surface area (TPSA) is 26.3 Å². The highest BCUT2D eigenvalue weighted by Crippen LogP contribution is 2.30. The van der Waals surface area contributed by atoms with Crippen molar-refractivity contribution in [3.63, 3.8) is 0 Å². The van der Waals surface area contributed by atoms with Crippen LogP contribution in [0.15, 0.2) is 78.9 Å². The second kappa shape index (κ2) is 5.82. The zero-order valence-electron chi connectivity index (χ0n) is 13.3. The van der Waals surface area contributed by atoms with Crippen LogP contribution in [0.3, 0.4) is 0 Å². The van der Waals surface area contributed by atoms with E-state index in [0.717, 1.165) is 32.9 Å².